The van der Waals surface area contributed by atoms with Gasteiger partial charge < -0.3 is 15.2 Å². The molecule has 1 aromatic carbocycles. The van der Waals surface area contributed by atoms with Gasteiger partial charge in [0.25, 0.3) is 5.91 Å². The molecule has 4 rings (SSSR count). The fourth-order valence-corrected chi connectivity index (χ4v) is 3.85. The molecule has 2 aromatic heterocycles. The van der Waals surface area contributed by atoms with Crippen LogP contribution in [0.4, 0.5) is 0 Å². The van der Waals surface area contributed by atoms with Crippen LogP contribution in [0.5, 0.6) is 0 Å². The molecule has 1 aliphatic rings. The van der Waals surface area contributed by atoms with Gasteiger partial charge in [0.1, 0.15) is 5.69 Å². The maximum atomic E-state index is 12.5. The highest BCUT2D eigenvalue weighted by atomic mass is 16.2. The summed E-state index contributed by atoms with van der Waals surface area (Å²) in [6.45, 7) is 3.22. The molecule has 2 N–H and O–H groups in total. The summed E-state index contributed by atoms with van der Waals surface area (Å²) in [6, 6.07) is 7.71. The standard InChI is InChI=1S/C21H24N6O3/c1-14-12-24-17(13-23-14)20(29)22-9-6-19(28)26-10-7-15(8-11-26)27-18-5-3-2-4-16(18)25-21(27)30/h2-5,12-13,15H,6-11H2,1H3,(H,22,29)(H,25,30). The van der Waals surface area contributed by atoms with E-state index in [0.29, 0.717) is 13.1 Å². The Morgan fingerprint density at radius 2 is 1.93 bits per heavy atom. The third-order valence-electron chi connectivity index (χ3n) is 5.44. The second-order valence-corrected chi connectivity index (χ2v) is 7.48. The van der Waals surface area contributed by atoms with Crippen molar-refractivity contribution in [3.63, 3.8) is 0 Å². The lowest BCUT2D eigenvalue weighted by Crippen LogP contribution is -2.41. The van der Waals surface area contributed by atoms with Gasteiger partial charge in [-0.15, -0.1) is 0 Å². The number of hydrogen-bond donors (Lipinski definition) is 2. The van der Waals surface area contributed by atoms with Crippen molar-refractivity contribution in [1.29, 1.82) is 0 Å². The zero-order chi connectivity index (χ0) is 21.1. The van der Waals surface area contributed by atoms with Crippen LogP contribution in [0.2, 0.25) is 0 Å². The molecule has 1 aliphatic heterocycles. The van der Waals surface area contributed by atoms with Crippen molar-refractivity contribution in [2.45, 2.75) is 32.2 Å². The predicted molar refractivity (Wildman–Crippen MR) is 111 cm³/mol. The summed E-state index contributed by atoms with van der Waals surface area (Å²) in [5, 5.41) is 2.71. The van der Waals surface area contributed by atoms with Crippen LogP contribution in [0.15, 0.2) is 41.5 Å². The van der Waals surface area contributed by atoms with E-state index in [9.17, 15) is 14.4 Å². The molecule has 0 radical (unpaired) electrons. The minimum atomic E-state index is -0.340. The Bertz CT molecular complexity index is 1110. The normalized spacial score (nSPS) is 14.8. The lowest BCUT2D eigenvalue weighted by Gasteiger charge is -2.32. The van der Waals surface area contributed by atoms with Gasteiger partial charge in [-0.2, -0.15) is 0 Å². The van der Waals surface area contributed by atoms with E-state index in [2.05, 4.69) is 20.3 Å². The molecule has 0 unspecified atom stereocenters. The number of H-pyrrole nitrogens is 1. The van der Waals surface area contributed by atoms with Crippen LogP contribution < -0.4 is 11.0 Å². The van der Waals surface area contributed by atoms with E-state index in [4.69, 9.17) is 0 Å². The van der Waals surface area contributed by atoms with E-state index < -0.39 is 0 Å². The lowest BCUT2D eigenvalue weighted by molar-refractivity contribution is -0.132. The van der Waals surface area contributed by atoms with Crippen LogP contribution in [-0.2, 0) is 4.79 Å². The Labute approximate surface area is 173 Å². The van der Waals surface area contributed by atoms with E-state index in [1.165, 1.54) is 12.4 Å². The lowest BCUT2D eigenvalue weighted by atomic mass is 10.0. The van der Waals surface area contributed by atoms with Crippen LogP contribution >= 0.6 is 0 Å². The number of imidazole rings is 1. The van der Waals surface area contributed by atoms with Crippen LogP contribution in [0.25, 0.3) is 11.0 Å². The molecule has 1 fully saturated rings. The summed E-state index contributed by atoms with van der Waals surface area (Å²) in [4.78, 5) is 49.7. The van der Waals surface area contributed by atoms with Crippen molar-refractivity contribution < 1.29 is 9.59 Å². The average molecular weight is 408 g/mol. The van der Waals surface area contributed by atoms with E-state index in [0.717, 1.165) is 29.6 Å². The summed E-state index contributed by atoms with van der Waals surface area (Å²) in [5.74, 6) is -0.345. The number of hydrogen-bond acceptors (Lipinski definition) is 5. The molecule has 2 amide bonds. The molecule has 0 atom stereocenters. The number of carbonyl (C=O) groups is 2. The van der Waals surface area contributed by atoms with Gasteiger partial charge in [0.2, 0.25) is 5.91 Å². The molecule has 0 saturated carbocycles. The molecular formula is C21H24N6O3. The Kier molecular flexibility index (Phi) is 5.60. The van der Waals surface area contributed by atoms with E-state index >= 15 is 0 Å². The highest BCUT2D eigenvalue weighted by molar-refractivity contribution is 5.92. The Balaban J connectivity index is 1.28. The maximum absolute atomic E-state index is 12.5. The smallest absolute Gasteiger partial charge is 0.326 e. The Morgan fingerprint density at radius 3 is 2.67 bits per heavy atom. The number of nitrogens with zero attached hydrogens (tertiary/aromatic N) is 4. The Hall–Kier alpha value is -3.49. The second-order valence-electron chi connectivity index (χ2n) is 7.48. The maximum Gasteiger partial charge on any atom is 0.326 e. The largest absolute Gasteiger partial charge is 0.350 e. The van der Waals surface area contributed by atoms with E-state index in [-0.39, 0.29) is 42.2 Å². The Morgan fingerprint density at radius 1 is 1.17 bits per heavy atom. The summed E-state index contributed by atoms with van der Waals surface area (Å²) in [6.07, 6.45) is 4.62. The summed E-state index contributed by atoms with van der Waals surface area (Å²) >= 11 is 0. The highest BCUT2D eigenvalue weighted by Crippen LogP contribution is 2.25. The molecule has 3 aromatic rings. The number of aryl methyl sites for hydroxylation is 1. The number of fused-ring (bicyclic) bond motifs is 1. The summed E-state index contributed by atoms with van der Waals surface area (Å²) in [5.41, 5.74) is 2.59. The molecular weight excluding hydrogens is 384 g/mol. The number of benzene rings is 1. The van der Waals surface area contributed by atoms with Gasteiger partial charge in [0.05, 0.1) is 22.9 Å². The monoisotopic (exact) mass is 408 g/mol. The topological polar surface area (TPSA) is 113 Å². The first-order valence-corrected chi connectivity index (χ1v) is 10.1. The highest BCUT2D eigenvalue weighted by Gasteiger charge is 2.25. The van der Waals surface area contributed by atoms with Gasteiger partial charge in [0.15, 0.2) is 0 Å². The molecule has 30 heavy (non-hydrogen) atoms. The van der Waals surface area contributed by atoms with Crippen LogP contribution in [0.1, 0.15) is 41.5 Å². The fourth-order valence-electron chi connectivity index (χ4n) is 3.85. The van der Waals surface area contributed by atoms with Gasteiger partial charge in [-0.25, -0.2) is 9.78 Å². The molecule has 0 bridgehead atoms. The van der Waals surface area contributed by atoms with Crippen molar-refractivity contribution in [3.05, 3.63) is 58.5 Å². The zero-order valence-electron chi connectivity index (χ0n) is 16.8. The first kappa shape index (κ1) is 19.8. The van der Waals surface area contributed by atoms with Crippen molar-refractivity contribution in [2.75, 3.05) is 19.6 Å². The SMILES string of the molecule is Cc1cnc(C(=O)NCCC(=O)N2CCC(n3c(=O)[nH]c4ccccc43)CC2)cn1. The quantitative estimate of drug-likeness (QED) is 0.663. The van der Waals surface area contributed by atoms with Gasteiger partial charge in [-0.1, -0.05) is 12.1 Å². The number of para-hydroxylation sites is 2. The summed E-state index contributed by atoms with van der Waals surface area (Å²) < 4.78 is 1.81. The van der Waals surface area contributed by atoms with Crippen molar-refractivity contribution in [1.82, 2.24) is 29.7 Å². The van der Waals surface area contributed by atoms with Crippen molar-refractivity contribution in [3.8, 4) is 0 Å². The van der Waals surface area contributed by atoms with Crippen LogP contribution in [-0.4, -0.2) is 55.9 Å². The fraction of sp³-hybridized carbons (Fsp3) is 0.381. The molecule has 156 valence electrons. The average Bonchev–Trinajstić information content (AvgIpc) is 3.10. The molecule has 1 saturated heterocycles. The van der Waals surface area contributed by atoms with Crippen LogP contribution in [0, 0.1) is 6.92 Å². The number of aromatic nitrogens is 4. The van der Waals surface area contributed by atoms with Gasteiger partial charge >= 0.3 is 5.69 Å². The first-order valence-electron chi connectivity index (χ1n) is 10.1. The number of amides is 2. The van der Waals surface area contributed by atoms with Crippen LogP contribution in [0.3, 0.4) is 0 Å². The number of nitrogens with one attached hydrogen (secondary N) is 2. The van der Waals surface area contributed by atoms with E-state index in [1.54, 1.807) is 16.4 Å². The number of carbonyl (C=O) groups excluding carboxylic acids is 2. The molecule has 0 aliphatic carbocycles. The van der Waals surface area contributed by atoms with E-state index in [1.807, 2.05) is 24.3 Å². The zero-order valence-corrected chi connectivity index (χ0v) is 16.8. The first-order chi connectivity index (χ1) is 14.5. The van der Waals surface area contributed by atoms with Crippen molar-refractivity contribution >= 4 is 22.8 Å². The molecule has 9 nitrogen and oxygen atoms in total. The number of aromatic amines is 1. The third-order valence-corrected chi connectivity index (χ3v) is 5.44. The minimum absolute atomic E-state index is 0.00462. The molecule has 0 spiro atoms. The number of likely N-dealkylation sites (tertiary alicyclic amines) is 1. The van der Waals surface area contributed by atoms with Crippen molar-refractivity contribution in [2.24, 2.45) is 0 Å². The number of rotatable bonds is 5. The molecule has 3 heterocycles. The second kappa shape index (κ2) is 8.48. The minimum Gasteiger partial charge on any atom is -0.350 e. The van der Waals surface area contributed by atoms with Gasteiger partial charge in [-0.3, -0.25) is 19.1 Å². The molecule has 9 heteroatoms. The van der Waals surface area contributed by atoms with Gasteiger partial charge in [0, 0.05) is 38.3 Å². The number of piperidine rings is 1. The van der Waals surface area contributed by atoms with Gasteiger partial charge in [-0.05, 0) is 31.9 Å². The third kappa shape index (κ3) is 4.10. The predicted octanol–water partition coefficient (Wildman–Crippen LogP) is 1.41. The summed E-state index contributed by atoms with van der Waals surface area (Å²) in [7, 11) is 0.